The number of ether oxygens (including phenoxy) is 1. The predicted molar refractivity (Wildman–Crippen MR) is 96.6 cm³/mol. The second kappa shape index (κ2) is 8.85. The number of benzene rings is 2. The van der Waals surface area contributed by atoms with E-state index in [1.165, 1.54) is 5.56 Å². The number of hydrogen-bond donors (Lipinski definition) is 1. The predicted octanol–water partition coefficient (Wildman–Crippen LogP) is 4.24. The van der Waals surface area contributed by atoms with Gasteiger partial charge in [0.05, 0.1) is 0 Å². The summed E-state index contributed by atoms with van der Waals surface area (Å²) < 4.78 is 5.55. The third-order valence-corrected chi connectivity index (χ3v) is 4.46. The van der Waals surface area contributed by atoms with Crippen molar-refractivity contribution in [1.29, 1.82) is 0 Å². The molecule has 2 rings (SSSR count). The summed E-state index contributed by atoms with van der Waals surface area (Å²) in [4.78, 5) is 12.9. The van der Waals surface area contributed by atoms with E-state index in [1.54, 1.807) is 11.8 Å². The summed E-state index contributed by atoms with van der Waals surface area (Å²) in [7, 11) is 0. The largest absolute Gasteiger partial charge is 0.484 e. The zero-order valence-electron chi connectivity index (χ0n) is 13.3. The van der Waals surface area contributed by atoms with Gasteiger partial charge in [0, 0.05) is 22.2 Å². The van der Waals surface area contributed by atoms with Crippen molar-refractivity contribution < 1.29 is 9.53 Å². The van der Waals surface area contributed by atoms with Crippen LogP contribution < -0.4 is 10.1 Å². The lowest BCUT2D eigenvalue weighted by atomic mass is 10.1. The minimum Gasteiger partial charge on any atom is -0.484 e. The second-order valence-corrected chi connectivity index (χ2v) is 6.81. The lowest BCUT2D eigenvalue weighted by Crippen LogP contribution is -2.30. The molecule has 0 spiro atoms. The van der Waals surface area contributed by atoms with Gasteiger partial charge in [-0.2, -0.15) is 0 Å². The molecule has 2 aromatic rings. The highest BCUT2D eigenvalue weighted by Crippen LogP contribution is 2.20. The molecule has 1 amide bonds. The summed E-state index contributed by atoms with van der Waals surface area (Å²) >= 11 is 7.51. The van der Waals surface area contributed by atoms with Gasteiger partial charge < -0.3 is 10.1 Å². The standard InChI is InChI=1S/C18H20ClNO2S/c1-13-3-8-17(14(2)11-13)22-12-18(21)20-9-10-23-16-6-4-15(19)5-7-16/h3-8,11H,9-10,12H2,1-2H3,(H,20,21). The molecule has 0 aromatic heterocycles. The normalized spacial score (nSPS) is 10.4. The minimum atomic E-state index is -0.110. The Morgan fingerprint density at radius 2 is 1.91 bits per heavy atom. The van der Waals surface area contributed by atoms with Crippen LogP contribution in [-0.4, -0.2) is 24.8 Å². The molecule has 2 aromatic carbocycles. The molecule has 5 heteroatoms. The molecule has 23 heavy (non-hydrogen) atoms. The van der Waals surface area contributed by atoms with Gasteiger partial charge in [0.15, 0.2) is 6.61 Å². The summed E-state index contributed by atoms with van der Waals surface area (Å²) in [6.45, 7) is 4.64. The monoisotopic (exact) mass is 349 g/mol. The molecule has 0 aliphatic heterocycles. The Morgan fingerprint density at radius 3 is 2.61 bits per heavy atom. The average molecular weight is 350 g/mol. The maximum atomic E-state index is 11.8. The van der Waals surface area contributed by atoms with Crippen LogP contribution in [0.3, 0.4) is 0 Å². The maximum Gasteiger partial charge on any atom is 0.257 e. The highest BCUT2D eigenvalue weighted by atomic mass is 35.5. The molecular weight excluding hydrogens is 330 g/mol. The fourth-order valence-electron chi connectivity index (χ4n) is 2.05. The average Bonchev–Trinajstić information content (AvgIpc) is 2.52. The van der Waals surface area contributed by atoms with Crippen molar-refractivity contribution in [3.8, 4) is 5.75 Å². The molecule has 0 fully saturated rings. The first-order valence-electron chi connectivity index (χ1n) is 7.40. The second-order valence-electron chi connectivity index (χ2n) is 5.21. The Morgan fingerprint density at radius 1 is 1.17 bits per heavy atom. The minimum absolute atomic E-state index is 0.0372. The van der Waals surface area contributed by atoms with Crippen molar-refractivity contribution in [3.63, 3.8) is 0 Å². The van der Waals surface area contributed by atoms with Gasteiger partial charge in [-0.1, -0.05) is 29.3 Å². The van der Waals surface area contributed by atoms with Crippen LogP contribution in [0.25, 0.3) is 0 Å². The van der Waals surface area contributed by atoms with Gasteiger partial charge in [-0.15, -0.1) is 11.8 Å². The van der Waals surface area contributed by atoms with Gasteiger partial charge in [-0.3, -0.25) is 4.79 Å². The van der Waals surface area contributed by atoms with Crippen LogP contribution in [-0.2, 0) is 4.79 Å². The smallest absolute Gasteiger partial charge is 0.257 e. The SMILES string of the molecule is Cc1ccc(OCC(=O)NCCSc2ccc(Cl)cc2)c(C)c1. The fourth-order valence-corrected chi connectivity index (χ4v) is 2.94. The Labute approximate surface area is 146 Å². The third-order valence-electron chi connectivity index (χ3n) is 3.20. The third kappa shape index (κ3) is 6.16. The van der Waals surface area contributed by atoms with Crippen LogP contribution in [0.2, 0.25) is 5.02 Å². The quantitative estimate of drug-likeness (QED) is 0.600. The molecule has 0 aliphatic carbocycles. The van der Waals surface area contributed by atoms with E-state index in [1.807, 2.05) is 56.3 Å². The summed E-state index contributed by atoms with van der Waals surface area (Å²) in [6.07, 6.45) is 0. The van der Waals surface area contributed by atoms with Crippen LogP contribution in [0.4, 0.5) is 0 Å². The first-order chi connectivity index (χ1) is 11.0. The van der Waals surface area contributed by atoms with E-state index < -0.39 is 0 Å². The number of halogens is 1. The zero-order chi connectivity index (χ0) is 16.7. The molecule has 0 saturated carbocycles. The van der Waals surface area contributed by atoms with Gasteiger partial charge in [0.1, 0.15) is 5.75 Å². The van der Waals surface area contributed by atoms with Gasteiger partial charge in [-0.05, 0) is 49.7 Å². The number of aryl methyl sites for hydroxylation is 2. The fraction of sp³-hybridized carbons (Fsp3) is 0.278. The van der Waals surface area contributed by atoms with Crippen molar-refractivity contribution in [2.75, 3.05) is 18.9 Å². The summed E-state index contributed by atoms with van der Waals surface area (Å²) in [5.41, 5.74) is 2.22. The molecular formula is C18H20ClNO2S. The molecule has 122 valence electrons. The molecule has 0 saturated heterocycles. The van der Waals surface area contributed by atoms with E-state index in [-0.39, 0.29) is 12.5 Å². The van der Waals surface area contributed by atoms with Gasteiger partial charge in [-0.25, -0.2) is 0 Å². The number of rotatable bonds is 7. The van der Waals surface area contributed by atoms with E-state index in [0.29, 0.717) is 6.54 Å². The highest BCUT2D eigenvalue weighted by Gasteiger charge is 2.05. The van der Waals surface area contributed by atoms with Crippen LogP contribution in [0.1, 0.15) is 11.1 Å². The lowest BCUT2D eigenvalue weighted by molar-refractivity contribution is -0.122. The summed E-state index contributed by atoms with van der Waals surface area (Å²) in [5, 5.41) is 3.58. The van der Waals surface area contributed by atoms with Crippen LogP contribution in [0.5, 0.6) is 5.75 Å². The van der Waals surface area contributed by atoms with Crippen molar-refractivity contribution in [2.24, 2.45) is 0 Å². The number of amides is 1. The number of thioether (sulfide) groups is 1. The van der Waals surface area contributed by atoms with E-state index in [2.05, 4.69) is 5.32 Å². The topological polar surface area (TPSA) is 38.3 Å². The molecule has 3 nitrogen and oxygen atoms in total. The number of hydrogen-bond acceptors (Lipinski definition) is 3. The summed E-state index contributed by atoms with van der Waals surface area (Å²) in [6, 6.07) is 13.6. The van der Waals surface area contributed by atoms with Crippen molar-refractivity contribution in [1.82, 2.24) is 5.32 Å². The van der Waals surface area contributed by atoms with Gasteiger partial charge >= 0.3 is 0 Å². The molecule has 0 unspecified atom stereocenters. The van der Waals surface area contributed by atoms with E-state index in [9.17, 15) is 4.79 Å². The molecule has 0 atom stereocenters. The van der Waals surface area contributed by atoms with E-state index in [0.717, 1.165) is 27.0 Å². The molecule has 0 aliphatic rings. The maximum absolute atomic E-state index is 11.8. The first-order valence-corrected chi connectivity index (χ1v) is 8.76. The van der Waals surface area contributed by atoms with E-state index in [4.69, 9.17) is 16.3 Å². The Balaban J connectivity index is 1.66. The van der Waals surface area contributed by atoms with Crippen LogP contribution in [0.15, 0.2) is 47.4 Å². The highest BCUT2D eigenvalue weighted by molar-refractivity contribution is 7.99. The molecule has 0 radical (unpaired) electrons. The van der Waals surface area contributed by atoms with Crippen molar-refractivity contribution >= 4 is 29.3 Å². The van der Waals surface area contributed by atoms with Crippen molar-refractivity contribution in [2.45, 2.75) is 18.7 Å². The van der Waals surface area contributed by atoms with Crippen LogP contribution in [0, 0.1) is 13.8 Å². The first kappa shape index (κ1) is 17.7. The Hall–Kier alpha value is -1.65. The van der Waals surface area contributed by atoms with Crippen LogP contribution >= 0.6 is 23.4 Å². The molecule has 0 bridgehead atoms. The van der Waals surface area contributed by atoms with Crippen molar-refractivity contribution in [3.05, 3.63) is 58.6 Å². The summed E-state index contributed by atoms with van der Waals surface area (Å²) in [5.74, 6) is 1.44. The molecule has 0 heterocycles. The van der Waals surface area contributed by atoms with E-state index >= 15 is 0 Å². The number of nitrogens with one attached hydrogen (secondary N) is 1. The Bertz CT molecular complexity index is 659. The number of carbonyl (C=O) groups excluding carboxylic acids is 1. The zero-order valence-corrected chi connectivity index (χ0v) is 14.8. The Kier molecular flexibility index (Phi) is 6.81. The molecule has 1 N–H and O–H groups in total. The van der Waals surface area contributed by atoms with Gasteiger partial charge in [0.2, 0.25) is 0 Å². The lowest BCUT2D eigenvalue weighted by Gasteiger charge is -2.10. The van der Waals surface area contributed by atoms with Gasteiger partial charge in [0.25, 0.3) is 5.91 Å². The number of carbonyl (C=O) groups is 1.